The third-order valence-electron chi connectivity index (χ3n) is 5.67. The number of hydrogen-bond donors (Lipinski definition) is 0. The van der Waals surface area contributed by atoms with E-state index in [9.17, 15) is 0 Å². The van der Waals surface area contributed by atoms with E-state index >= 15 is 0 Å². The molecule has 0 unspecified atom stereocenters. The summed E-state index contributed by atoms with van der Waals surface area (Å²) < 4.78 is 0. The molecule has 5 heteroatoms. The fourth-order valence-corrected chi connectivity index (χ4v) is 3.92. The van der Waals surface area contributed by atoms with Gasteiger partial charge in [0.15, 0.2) is 11.6 Å². The monoisotopic (exact) mass is 628 g/mol. The van der Waals surface area contributed by atoms with Crippen molar-refractivity contribution >= 4 is 10.8 Å². The van der Waals surface area contributed by atoms with Gasteiger partial charge in [-0.1, -0.05) is 96.6 Å². The summed E-state index contributed by atoms with van der Waals surface area (Å²) in [5.74, 6) is 1.90. The zero-order chi connectivity index (χ0) is 22.7. The van der Waals surface area contributed by atoms with Crippen molar-refractivity contribution in [2.45, 2.75) is 0 Å². The molecule has 0 aliphatic heterocycles. The van der Waals surface area contributed by atoms with Crippen LogP contribution in [0.1, 0.15) is 0 Å². The molecule has 35 heavy (non-hydrogen) atoms. The maximum absolute atomic E-state index is 4.83. The van der Waals surface area contributed by atoms with Gasteiger partial charge < -0.3 is 4.98 Å². The fraction of sp³-hybridized carbons (Fsp3) is 0. The van der Waals surface area contributed by atoms with Crippen molar-refractivity contribution in [3.63, 3.8) is 0 Å². The largest absolute Gasteiger partial charge is 0.304 e. The standard InChI is InChI=1S/C30H19N4.Ir/c1-3-10-21(11-4-1)28-32-29(22-12-5-2-6-13-22)34-30(33-28)25-17-9-16-24(18-25)27-19-23-14-7-8-15-26(23)20-31-27;/h1-15,17-20H;/q-1;. The van der Waals surface area contributed by atoms with E-state index in [0.717, 1.165) is 38.7 Å². The molecular formula is C30H19IrN4-. The quantitative estimate of drug-likeness (QED) is 0.200. The number of aromatic nitrogens is 4. The molecule has 0 fully saturated rings. The van der Waals surface area contributed by atoms with E-state index in [-0.39, 0.29) is 20.1 Å². The second-order valence-corrected chi connectivity index (χ2v) is 7.95. The average molecular weight is 628 g/mol. The second kappa shape index (κ2) is 10.1. The molecule has 4 nitrogen and oxygen atoms in total. The molecule has 2 aromatic heterocycles. The third kappa shape index (κ3) is 4.78. The van der Waals surface area contributed by atoms with Crippen molar-refractivity contribution in [3.8, 4) is 45.4 Å². The van der Waals surface area contributed by atoms with Gasteiger partial charge in [0.1, 0.15) is 5.82 Å². The van der Waals surface area contributed by atoms with Crippen LogP contribution in [0.4, 0.5) is 0 Å². The summed E-state index contributed by atoms with van der Waals surface area (Å²) in [6.45, 7) is 0. The molecule has 0 amide bonds. The average Bonchev–Trinajstić information content (AvgIpc) is 2.93. The van der Waals surface area contributed by atoms with Gasteiger partial charge in [-0.15, -0.1) is 29.8 Å². The number of hydrogen-bond acceptors (Lipinski definition) is 4. The normalized spacial score (nSPS) is 10.6. The fourth-order valence-electron chi connectivity index (χ4n) is 3.92. The first kappa shape index (κ1) is 22.7. The second-order valence-electron chi connectivity index (χ2n) is 7.95. The third-order valence-corrected chi connectivity index (χ3v) is 5.67. The number of nitrogens with zero attached hydrogens (tertiary/aromatic N) is 4. The van der Waals surface area contributed by atoms with Crippen molar-refractivity contribution in [2.75, 3.05) is 0 Å². The van der Waals surface area contributed by atoms with Crippen LogP contribution in [0.2, 0.25) is 0 Å². The van der Waals surface area contributed by atoms with Gasteiger partial charge in [-0.25, -0.2) is 15.0 Å². The molecule has 0 saturated carbocycles. The van der Waals surface area contributed by atoms with E-state index < -0.39 is 0 Å². The first-order chi connectivity index (χ1) is 16.8. The maximum Gasteiger partial charge on any atom is 0.164 e. The zero-order valence-corrected chi connectivity index (χ0v) is 21.0. The van der Waals surface area contributed by atoms with E-state index in [1.165, 1.54) is 0 Å². The molecule has 1 radical (unpaired) electrons. The van der Waals surface area contributed by atoms with Crippen molar-refractivity contribution in [2.24, 2.45) is 0 Å². The Kier molecular flexibility index (Phi) is 6.53. The van der Waals surface area contributed by atoms with E-state index in [4.69, 9.17) is 15.0 Å². The molecule has 0 aliphatic rings. The Balaban J connectivity index is 0.00000253. The van der Waals surface area contributed by atoms with Crippen molar-refractivity contribution in [3.05, 3.63) is 121 Å². The molecular weight excluding hydrogens is 609 g/mol. The summed E-state index contributed by atoms with van der Waals surface area (Å²) in [5.41, 5.74) is 4.54. The minimum absolute atomic E-state index is 0. The van der Waals surface area contributed by atoms with Gasteiger partial charge in [-0.2, -0.15) is 0 Å². The summed E-state index contributed by atoms with van der Waals surface area (Å²) in [7, 11) is 0. The SMILES string of the molecule is [Ir].[c-]1ccc(-c2nc(-c3ccccc3)nc(-c3ccccc3)n2)cc1-c1cc2ccccc2cn1. The van der Waals surface area contributed by atoms with Crippen LogP contribution in [0.3, 0.4) is 0 Å². The van der Waals surface area contributed by atoms with Gasteiger partial charge in [-0.05, 0) is 16.5 Å². The minimum atomic E-state index is 0. The zero-order valence-electron chi connectivity index (χ0n) is 18.6. The van der Waals surface area contributed by atoms with Crippen LogP contribution in [0.5, 0.6) is 0 Å². The Morgan fingerprint density at radius 3 is 1.69 bits per heavy atom. The van der Waals surface area contributed by atoms with E-state index in [2.05, 4.69) is 29.2 Å². The van der Waals surface area contributed by atoms with E-state index in [1.807, 2.05) is 97.2 Å². The molecule has 0 N–H and O–H groups in total. The predicted molar refractivity (Wildman–Crippen MR) is 136 cm³/mol. The van der Waals surface area contributed by atoms with Crippen LogP contribution in [-0.4, -0.2) is 19.9 Å². The molecule has 4 aromatic carbocycles. The Morgan fingerprint density at radius 1 is 0.514 bits per heavy atom. The molecule has 6 aromatic rings. The van der Waals surface area contributed by atoms with Crippen molar-refractivity contribution < 1.29 is 20.1 Å². The number of rotatable bonds is 4. The smallest absolute Gasteiger partial charge is 0.164 e. The molecule has 2 heterocycles. The summed E-state index contributed by atoms with van der Waals surface area (Å²) in [6.07, 6.45) is 1.90. The molecule has 169 valence electrons. The maximum atomic E-state index is 4.83. The Morgan fingerprint density at radius 2 is 1.06 bits per heavy atom. The molecule has 0 aliphatic carbocycles. The van der Waals surface area contributed by atoms with Crippen molar-refractivity contribution in [1.82, 2.24) is 19.9 Å². The number of benzene rings is 4. The van der Waals surface area contributed by atoms with E-state index in [0.29, 0.717) is 17.5 Å². The molecule has 0 saturated heterocycles. The van der Waals surface area contributed by atoms with Crippen LogP contribution in [0.25, 0.3) is 56.2 Å². The minimum Gasteiger partial charge on any atom is -0.304 e. The first-order valence-corrected chi connectivity index (χ1v) is 11.1. The molecule has 0 atom stereocenters. The van der Waals surface area contributed by atoms with Gasteiger partial charge in [0, 0.05) is 37.4 Å². The molecule has 0 bridgehead atoms. The van der Waals surface area contributed by atoms with Gasteiger partial charge in [-0.3, -0.25) is 0 Å². The van der Waals surface area contributed by atoms with E-state index in [1.54, 1.807) is 0 Å². The van der Waals surface area contributed by atoms with Crippen LogP contribution >= 0.6 is 0 Å². The Bertz CT molecular complexity index is 1540. The Labute approximate surface area is 217 Å². The number of pyridine rings is 1. The Hall–Kier alpha value is -4.05. The molecule has 0 spiro atoms. The van der Waals surface area contributed by atoms with Crippen LogP contribution in [-0.2, 0) is 20.1 Å². The summed E-state index contributed by atoms with van der Waals surface area (Å²) >= 11 is 0. The van der Waals surface area contributed by atoms with Gasteiger partial charge in [0.2, 0.25) is 0 Å². The summed E-state index contributed by atoms with van der Waals surface area (Å²) in [4.78, 5) is 19.1. The summed E-state index contributed by atoms with van der Waals surface area (Å²) in [6, 6.07) is 39.5. The predicted octanol–water partition coefficient (Wildman–Crippen LogP) is 6.89. The van der Waals surface area contributed by atoms with Crippen molar-refractivity contribution in [1.29, 1.82) is 0 Å². The molecule has 6 rings (SSSR count). The first-order valence-electron chi connectivity index (χ1n) is 11.1. The summed E-state index contributed by atoms with van der Waals surface area (Å²) in [5, 5.41) is 2.25. The van der Waals surface area contributed by atoms with Gasteiger partial charge in [0.05, 0.1) is 0 Å². The van der Waals surface area contributed by atoms with Crippen LogP contribution in [0.15, 0.2) is 115 Å². The number of fused-ring (bicyclic) bond motifs is 1. The van der Waals surface area contributed by atoms with Gasteiger partial charge in [0.25, 0.3) is 0 Å². The topological polar surface area (TPSA) is 51.6 Å². The van der Waals surface area contributed by atoms with Crippen LogP contribution < -0.4 is 0 Å². The van der Waals surface area contributed by atoms with Crippen LogP contribution in [0, 0.1) is 6.07 Å². The van der Waals surface area contributed by atoms with Gasteiger partial charge >= 0.3 is 0 Å².